The third-order valence-corrected chi connectivity index (χ3v) is 9.87. The van der Waals surface area contributed by atoms with Crippen molar-refractivity contribution in [1.82, 2.24) is 0 Å². The first kappa shape index (κ1) is 32.6. The van der Waals surface area contributed by atoms with Crippen molar-refractivity contribution in [1.29, 1.82) is 0 Å². The van der Waals surface area contributed by atoms with Crippen molar-refractivity contribution in [3.8, 4) is 22.6 Å². The predicted molar refractivity (Wildman–Crippen MR) is 176 cm³/mol. The molecule has 0 bridgehead atoms. The van der Waals surface area contributed by atoms with Gasteiger partial charge in [0.25, 0.3) is 0 Å². The monoisotopic (exact) mass is 623 g/mol. The molecule has 0 amide bonds. The van der Waals surface area contributed by atoms with Crippen LogP contribution in [0.3, 0.4) is 0 Å². The molecule has 3 aromatic rings. The van der Waals surface area contributed by atoms with Gasteiger partial charge in [0.15, 0.2) is 20.9 Å². The number of aliphatic imine (C=N–C) groups is 1. The van der Waals surface area contributed by atoms with Crippen LogP contribution < -0.4 is 9.47 Å². The van der Waals surface area contributed by atoms with Crippen LogP contribution in [0.5, 0.6) is 11.5 Å². The van der Waals surface area contributed by atoms with Crippen LogP contribution in [0.4, 0.5) is 0 Å². The van der Waals surface area contributed by atoms with Gasteiger partial charge in [-0.2, -0.15) is 0 Å². The summed E-state index contributed by atoms with van der Waals surface area (Å²) < 4.78 is 56.9. The van der Waals surface area contributed by atoms with E-state index in [1.807, 2.05) is 44.2 Å². The Kier molecular flexibility index (Phi) is 11.3. The number of sulfone groups is 1. The normalized spacial score (nSPS) is 15.7. The summed E-state index contributed by atoms with van der Waals surface area (Å²) in [5.41, 5.74) is 8.42. The molecule has 0 spiro atoms. The van der Waals surface area contributed by atoms with E-state index in [0.717, 1.165) is 64.8 Å². The molecule has 1 aliphatic carbocycles. The smallest absolute Gasteiger partial charge is 0.170 e. The third kappa shape index (κ3) is 9.11. The molecule has 230 valence electrons. The minimum atomic E-state index is -3.25. The Morgan fingerprint density at radius 2 is 1.91 bits per heavy atom. The number of aryl methyl sites for hydroxylation is 2. The lowest BCUT2D eigenvalue weighted by Gasteiger charge is -2.18. The van der Waals surface area contributed by atoms with Crippen LogP contribution >= 0.6 is 0 Å². The Hall–Kier alpha value is -3.27. The summed E-state index contributed by atoms with van der Waals surface area (Å²) in [7, 11) is -3.25. The van der Waals surface area contributed by atoms with Crippen molar-refractivity contribution in [3.63, 3.8) is 0 Å². The molecule has 7 nitrogen and oxygen atoms in total. The van der Waals surface area contributed by atoms with Crippen molar-refractivity contribution >= 4 is 33.2 Å². The number of ether oxygens (including phenoxy) is 2. The highest BCUT2D eigenvalue weighted by atomic mass is 32.2. The first-order valence-electron chi connectivity index (χ1n) is 14.5. The first-order chi connectivity index (χ1) is 20.6. The van der Waals surface area contributed by atoms with Crippen molar-refractivity contribution in [3.05, 3.63) is 89.0 Å². The fourth-order valence-electron chi connectivity index (χ4n) is 5.71. The second kappa shape index (κ2) is 14.9. The zero-order valence-electron chi connectivity index (χ0n) is 25.0. The molecule has 2 atom stereocenters. The molecule has 0 aliphatic heterocycles. The minimum absolute atomic E-state index is 0.00309. The minimum Gasteiger partial charge on any atom is -0.494 e. The molecule has 0 saturated carbocycles. The van der Waals surface area contributed by atoms with Gasteiger partial charge in [0, 0.05) is 0 Å². The molecule has 0 fully saturated rings. The molecule has 9 heteroatoms. The number of fused-ring (bicyclic) bond motifs is 1. The summed E-state index contributed by atoms with van der Waals surface area (Å²) in [6.45, 7) is 12.1. The van der Waals surface area contributed by atoms with Gasteiger partial charge >= 0.3 is 0 Å². The highest BCUT2D eigenvalue weighted by molar-refractivity contribution is 7.91. The Bertz CT molecular complexity index is 1600. The Balaban J connectivity index is 1.48. The lowest BCUT2D eigenvalue weighted by molar-refractivity contribution is 0.306. The highest BCUT2D eigenvalue weighted by Crippen LogP contribution is 2.36. The van der Waals surface area contributed by atoms with Gasteiger partial charge in [-0.3, -0.25) is 4.99 Å². The Morgan fingerprint density at radius 3 is 2.65 bits per heavy atom. The standard InChI is InChI=1S/C34H41NO6S2/c1-24(2)33-20-31(40-15-8-16-43(38,39)23-35-4)17-25(3)34(33)28-12-7-9-26(18-28)21-41-30-13-14-32-27(19-30)10-5-6-11-29(32)22-42(36)37/h7,9,12-14,17-20,29H,1,4-6,8,10-11,15-16,21-23H2,2-3H3,(H,36,37). The summed E-state index contributed by atoms with van der Waals surface area (Å²) in [6.07, 6.45) is 4.37. The van der Waals surface area contributed by atoms with Gasteiger partial charge < -0.3 is 14.0 Å². The molecule has 0 heterocycles. The van der Waals surface area contributed by atoms with Crippen molar-refractivity contribution in [2.45, 2.75) is 58.5 Å². The number of nitrogens with zero attached hydrogens (tertiary/aromatic N) is 1. The number of hydrogen-bond donors (Lipinski definition) is 1. The maximum absolute atomic E-state index is 11.9. The maximum atomic E-state index is 11.9. The first-order valence-corrected chi connectivity index (χ1v) is 17.6. The van der Waals surface area contributed by atoms with E-state index in [0.29, 0.717) is 18.8 Å². The van der Waals surface area contributed by atoms with E-state index < -0.39 is 20.9 Å². The van der Waals surface area contributed by atoms with Crippen LogP contribution in [-0.4, -0.2) is 47.9 Å². The van der Waals surface area contributed by atoms with E-state index in [4.69, 9.17) is 9.47 Å². The molecule has 0 saturated heterocycles. The van der Waals surface area contributed by atoms with Gasteiger partial charge in [-0.05, 0) is 121 Å². The second-order valence-corrected chi connectivity index (χ2v) is 14.4. The average molecular weight is 624 g/mol. The summed E-state index contributed by atoms with van der Waals surface area (Å²) in [6, 6.07) is 18.3. The van der Waals surface area contributed by atoms with Crippen molar-refractivity contribution in [2.75, 3.05) is 24.0 Å². The molecule has 1 aliphatic rings. The fourth-order valence-corrected chi connectivity index (χ4v) is 7.36. The largest absolute Gasteiger partial charge is 0.494 e. The van der Waals surface area contributed by atoms with Crippen LogP contribution in [0.2, 0.25) is 0 Å². The fraction of sp³-hybridized carbons (Fsp3) is 0.382. The zero-order valence-corrected chi connectivity index (χ0v) is 26.6. The van der Waals surface area contributed by atoms with E-state index in [1.54, 1.807) is 0 Å². The van der Waals surface area contributed by atoms with Crippen LogP contribution in [0.15, 0.2) is 66.2 Å². The summed E-state index contributed by atoms with van der Waals surface area (Å²) >= 11 is -1.81. The molecule has 4 rings (SSSR count). The second-order valence-electron chi connectivity index (χ2n) is 11.2. The quantitative estimate of drug-likeness (QED) is 0.0886. The molecule has 2 unspecified atom stereocenters. The number of hydrogen-bond acceptors (Lipinski definition) is 6. The van der Waals surface area contributed by atoms with Crippen LogP contribution in [-0.2, 0) is 33.9 Å². The summed E-state index contributed by atoms with van der Waals surface area (Å²) in [4.78, 5) is 3.48. The van der Waals surface area contributed by atoms with E-state index in [2.05, 4.69) is 42.6 Å². The van der Waals surface area contributed by atoms with Gasteiger partial charge in [-0.1, -0.05) is 42.8 Å². The predicted octanol–water partition coefficient (Wildman–Crippen LogP) is 7.15. The molecule has 43 heavy (non-hydrogen) atoms. The van der Waals surface area contributed by atoms with Crippen LogP contribution in [0.25, 0.3) is 16.7 Å². The maximum Gasteiger partial charge on any atom is 0.170 e. The molecule has 0 aromatic heterocycles. The third-order valence-electron chi connectivity index (χ3n) is 7.69. The number of allylic oxidation sites excluding steroid dienone is 1. The lowest BCUT2D eigenvalue weighted by Crippen LogP contribution is -2.12. The molecule has 0 radical (unpaired) electrons. The van der Waals surface area contributed by atoms with Gasteiger partial charge in [0.1, 0.15) is 24.0 Å². The summed E-state index contributed by atoms with van der Waals surface area (Å²) in [5, 5.41) is 0. The Labute approximate surface area is 258 Å². The van der Waals surface area contributed by atoms with E-state index >= 15 is 0 Å². The molecular formula is C34H41NO6S2. The van der Waals surface area contributed by atoms with Crippen molar-refractivity contribution in [2.24, 2.45) is 4.99 Å². The Morgan fingerprint density at radius 1 is 1.09 bits per heavy atom. The topological polar surface area (TPSA) is 102 Å². The van der Waals surface area contributed by atoms with E-state index in [9.17, 15) is 17.2 Å². The number of benzene rings is 3. The molecule has 1 N–H and O–H groups in total. The lowest BCUT2D eigenvalue weighted by atomic mass is 9.91. The van der Waals surface area contributed by atoms with E-state index in [-0.39, 0.29) is 29.9 Å². The zero-order chi connectivity index (χ0) is 31.0. The van der Waals surface area contributed by atoms with Crippen LogP contribution in [0, 0.1) is 6.92 Å². The van der Waals surface area contributed by atoms with Gasteiger partial charge in [-0.25, -0.2) is 12.6 Å². The molecule has 3 aromatic carbocycles. The van der Waals surface area contributed by atoms with Crippen molar-refractivity contribution < 1.29 is 26.7 Å². The highest BCUT2D eigenvalue weighted by Gasteiger charge is 2.21. The number of rotatable bonds is 14. The van der Waals surface area contributed by atoms with Gasteiger partial charge in [0.2, 0.25) is 0 Å². The molecular weight excluding hydrogens is 583 g/mol. The van der Waals surface area contributed by atoms with Crippen LogP contribution in [0.1, 0.15) is 66.3 Å². The van der Waals surface area contributed by atoms with Gasteiger partial charge in [0.05, 0.1) is 18.1 Å². The van der Waals surface area contributed by atoms with E-state index in [1.165, 1.54) is 11.1 Å². The summed E-state index contributed by atoms with van der Waals surface area (Å²) in [5.74, 6) is 1.58. The SMILES string of the molecule is C=NCS(=O)(=O)CCCOc1cc(C)c(-c2cccc(COc3ccc4c(c3)CCCCC4CS(=O)O)c2)c(C(=C)C)c1. The average Bonchev–Trinajstić information content (AvgIpc) is 3.15. The van der Waals surface area contributed by atoms with Gasteiger partial charge in [-0.15, -0.1) is 0 Å².